The zero-order valence-corrected chi connectivity index (χ0v) is 10.6. The van der Waals surface area contributed by atoms with Gasteiger partial charge in [-0.05, 0) is 39.5 Å². The Morgan fingerprint density at radius 3 is 2.40 bits per heavy atom. The molecular weight excluding hydrogens is 186 g/mol. The number of nitrogens with zero attached hydrogens (tertiary/aromatic N) is 3. The number of rotatable bonds is 5. The quantitative estimate of drug-likeness (QED) is 0.746. The lowest BCUT2D eigenvalue weighted by Gasteiger charge is -2.10. The van der Waals surface area contributed by atoms with Crippen molar-refractivity contribution >= 4 is 0 Å². The van der Waals surface area contributed by atoms with Crippen LogP contribution < -0.4 is 0 Å². The van der Waals surface area contributed by atoms with Crippen LogP contribution in [0.25, 0.3) is 0 Å². The van der Waals surface area contributed by atoms with E-state index >= 15 is 0 Å². The van der Waals surface area contributed by atoms with Crippen molar-refractivity contribution in [3.8, 4) is 0 Å². The molecule has 86 valence electrons. The lowest BCUT2D eigenvalue weighted by Crippen LogP contribution is -2.08. The molecule has 0 amide bonds. The fourth-order valence-electron chi connectivity index (χ4n) is 1.78. The summed E-state index contributed by atoms with van der Waals surface area (Å²) in [5.41, 5.74) is 2.40. The maximum atomic E-state index is 4.18. The normalized spacial score (nSPS) is 11.7. The SMILES string of the molecule is Cc1nnn(C(C)C)c1CCCC(C)C. The summed E-state index contributed by atoms with van der Waals surface area (Å²) in [7, 11) is 0. The number of aryl methyl sites for hydroxylation is 1. The number of aromatic nitrogens is 3. The lowest BCUT2D eigenvalue weighted by molar-refractivity contribution is 0.479. The van der Waals surface area contributed by atoms with E-state index in [0.717, 1.165) is 18.0 Å². The molecule has 0 saturated heterocycles. The maximum Gasteiger partial charge on any atom is 0.0828 e. The summed E-state index contributed by atoms with van der Waals surface area (Å²) in [6.07, 6.45) is 3.62. The average molecular weight is 209 g/mol. The van der Waals surface area contributed by atoms with E-state index in [-0.39, 0.29) is 0 Å². The minimum Gasteiger partial charge on any atom is -0.247 e. The molecule has 0 radical (unpaired) electrons. The number of hydrogen-bond donors (Lipinski definition) is 0. The first-order valence-corrected chi connectivity index (χ1v) is 5.93. The first-order valence-electron chi connectivity index (χ1n) is 5.93. The molecule has 3 heteroatoms. The standard InChI is InChI=1S/C12H23N3/c1-9(2)7-6-8-12-11(5)13-14-15(12)10(3)4/h9-10H,6-8H2,1-5H3. The third kappa shape index (κ3) is 3.33. The Morgan fingerprint density at radius 1 is 1.20 bits per heavy atom. The molecule has 0 unspecified atom stereocenters. The minimum atomic E-state index is 0.417. The van der Waals surface area contributed by atoms with E-state index in [2.05, 4.69) is 49.6 Å². The molecule has 1 aromatic heterocycles. The molecule has 0 bridgehead atoms. The summed E-state index contributed by atoms with van der Waals surface area (Å²) in [6.45, 7) is 10.9. The molecule has 15 heavy (non-hydrogen) atoms. The third-order valence-electron chi connectivity index (χ3n) is 2.67. The highest BCUT2D eigenvalue weighted by Gasteiger charge is 2.11. The second kappa shape index (κ2) is 5.29. The number of hydrogen-bond acceptors (Lipinski definition) is 2. The van der Waals surface area contributed by atoms with E-state index in [9.17, 15) is 0 Å². The van der Waals surface area contributed by atoms with Crippen molar-refractivity contribution in [3.63, 3.8) is 0 Å². The van der Waals surface area contributed by atoms with E-state index in [1.807, 2.05) is 0 Å². The molecule has 0 fully saturated rings. The molecule has 0 saturated carbocycles. The van der Waals surface area contributed by atoms with Gasteiger partial charge in [0.25, 0.3) is 0 Å². The highest BCUT2D eigenvalue weighted by molar-refractivity contribution is 5.08. The summed E-state index contributed by atoms with van der Waals surface area (Å²) in [6, 6.07) is 0.417. The van der Waals surface area contributed by atoms with Gasteiger partial charge in [-0.2, -0.15) is 0 Å². The van der Waals surface area contributed by atoms with E-state index < -0.39 is 0 Å². The van der Waals surface area contributed by atoms with Gasteiger partial charge in [-0.25, -0.2) is 4.68 Å². The van der Waals surface area contributed by atoms with Crippen molar-refractivity contribution in [1.82, 2.24) is 15.0 Å². The van der Waals surface area contributed by atoms with E-state index in [1.54, 1.807) is 0 Å². The molecule has 3 nitrogen and oxygen atoms in total. The van der Waals surface area contributed by atoms with Crippen molar-refractivity contribution in [3.05, 3.63) is 11.4 Å². The van der Waals surface area contributed by atoms with Crippen LogP contribution in [0.15, 0.2) is 0 Å². The molecule has 0 aromatic carbocycles. The van der Waals surface area contributed by atoms with Gasteiger partial charge in [0.2, 0.25) is 0 Å². The van der Waals surface area contributed by atoms with Crippen LogP contribution in [0.5, 0.6) is 0 Å². The summed E-state index contributed by atoms with van der Waals surface area (Å²) < 4.78 is 2.05. The van der Waals surface area contributed by atoms with Crippen molar-refractivity contribution in [2.75, 3.05) is 0 Å². The summed E-state index contributed by atoms with van der Waals surface area (Å²) >= 11 is 0. The monoisotopic (exact) mass is 209 g/mol. The van der Waals surface area contributed by atoms with Gasteiger partial charge < -0.3 is 0 Å². The summed E-state index contributed by atoms with van der Waals surface area (Å²) in [5.74, 6) is 0.786. The second-order valence-corrected chi connectivity index (χ2v) is 4.95. The Kier molecular flexibility index (Phi) is 4.30. The van der Waals surface area contributed by atoms with Crippen LogP contribution >= 0.6 is 0 Å². The summed E-state index contributed by atoms with van der Waals surface area (Å²) in [5, 5.41) is 8.33. The maximum absolute atomic E-state index is 4.18. The lowest BCUT2D eigenvalue weighted by atomic mass is 10.0. The predicted octanol–water partition coefficient (Wildman–Crippen LogP) is 3.15. The van der Waals surface area contributed by atoms with Gasteiger partial charge in [0.15, 0.2) is 0 Å². The third-order valence-corrected chi connectivity index (χ3v) is 2.67. The van der Waals surface area contributed by atoms with Crippen molar-refractivity contribution in [2.24, 2.45) is 5.92 Å². The van der Waals surface area contributed by atoms with Gasteiger partial charge in [0, 0.05) is 6.04 Å². The predicted molar refractivity (Wildman–Crippen MR) is 62.9 cm³/mol. The first kappa shape index (κ1) is 12.2. The van der Waals surface area contributed by atoms with Crippen LogP contribution in [0.2, 0.25) is 0 Å². The zero-order chi connectivity index (χ0) is 11.4. The fraction of sp³-hybridized carbons (Fsp3) is 0.833. The van der Waals surface area contributed by atoms with Crippen LogP contribution in [0, 0.1) is 12.8 Å². The van der Waals surface area contributed by atoms with Crippen molar-refractivity contribution in [2.45, 2.75) is 59.9 Å². The van der Waals surface area contributed by atoms with Gasteiger partial charge in [0.1, 0.15) is 0 Å². The largest absolute Gasteiger partial charge is 0.247 e. The fourth-order valence-corrected chi connectivity index (χ4v) is 1.78. The van der Waals surface area contributed by atoms with Crippen LogP contribution in [-0.2, 0) is 6.42 Å². The first-order chi connectivity index (χ1) is 7.02. The van der Waals surface area contributed by atoms with Gasteiger partial charge in [-0.1, -0.05) is 25.5 Å². The van der Waals surface area contributed by atoms with Gasteiger partial charge >= 0.3 is 0 Å². The molecular formula is C12H23N3. The average Bonchev–Trinajstić information content (AvgIpc) is 2.47. The highest BCUT2D eigenvalue weighted by atomic mass is 15.4. The van der Waals surface area contributed by atoms with Crippen LogP contribution in [0.3, 0.4) is 0 Å². The van der Waals surface area contributed by atoms with E-state index in [0.29, 0.717) is 6.04 Å². The molecule has 0 atom stereocenters. The Balaban J connectivity index is 2.62. The topological polar surface area (TPSA) is 30.7 Å². The molecule has 0 N–H and O–H groups in total. The van der Waals surface area contributed by atoms with E-state index in [4.69, 9.17) is 0 Å². The van der Waals surface area contributed by atoms with Crippen molar-refractivity contribution in [1.29, 1.82) is 0 Å². The van der Waals surface area contributed by atoms with Crippen LogP contribution in [-0.4, -0.2) is 15.0 Å². The highest BCUT2D eigenvalue weighted by Crippen LogP contribution is 2.15. The molecule has 0 aliphatic carbocycles. The van der Waals surface area contributed by atoms with Crippen molar-refractivity contribution < 1.29 is 0 Å². The Labute approximate surface area is 92.9 Å². The molecule has 1 heterocycles. The Bertz CT molecular complexity index is 300. The zero-order valence-electron chi connectivity index (χ0n) is 10.6. The molecule has 0 aliphatic rings. The smallest absolute Gasteiger partial charge is 0.0828 e. The Hall–Kier alpha value is -0.860. The van der Waals surface area contributed by atoms with Gasteiger partial charge in [-0.3, -0.25) is 0 Å². The summed E-state index contributed by atoms with van der Waals surface area (Å²) in [4.78, 5) is 0. The second-order valence-electron chi connectivity index (χ2n) is 4.95. The molecule has 1 rings (SSSR count). The molecule has 1 aromatic rings. The van der Waals surface area contributed by atoms with Crippen LogP contribution in [0.4, 0.5) is 0 Å². The van der Waals surface area contributed by atoms with Gasteiger partial charge in [-0.15, -0.1) is 5.10 Å². The minimum absolute atomic E-state index is 0.417. The van der Waals surface area contributed by atoms with Crippen LogP contribution in [0.1, 0.15) is 58.0 Å². The molecule has 0 spiro atoms. The molecule has 0 aliphatic heterocycles. The van der Waals surface area contributed by atoms with E-state index in [1.165, 1.54) is 18.5 Å². The van der Waals surface area contributed by atoms with Gasteiger partial charge in [0.05, 0.1) is 11.4 Å². The Morgan fingerprint density at radius 2 is 1.87 bits per heavy atom.